The molecule has 1 aliphatic heterocycles. The van der Waals surface area contributed by atoms with Crippen molar-refractivity contribution >= 4 is 11.5 Å². The molecule has 2 aromatic heterocycles. The van der Waals surface area contributed by atoms with Crippen LogP contribution in [-0.2, 0) is 0 Å². The normalized spacial score (nSPS) is 15.5. The van der Waals surface area contributed by atoms with Gasteiger partial charge in [-0.15, -0.1) is 0 Å². The second kappa shape index (κ2) is 5.20. The third kappa shape index (κ3) is 2.27. The molecule has 3 aromatic rings. The number of hydrogen-bond acceptors (Lipinski definition) is 3. The van der Waals surface area contributed by atoms with E-state index in [0.29, 0.717) is 0 Å². The predicted octanol–water partition coefficient (Wildman–Crippen LogP) is 3.39. The number of fused-ring (bicyclic) bond motifs is 1. The second-order valence-corrected chi connectivity index (χ2v) is 5.51. The largest absolute Gasteiger partial charge is 0.356 e. The topological polar surface area (TPSA) is 33.4 Å². The number of benzene rings is 1. The summed E-state index contributed by atoms with van der Waals surface area (Å²) in [6, 6.07) is 12.4. The van der Waals surface area contributed by atoms with Gasteiger partial charge in [-0.05, 0) is 19.3 Å². The Morgan fingerprint density at radius 2 is 1.76 bits per heavy atom. The van der Waals surface area contributed by atoms with Crippen molar-refractivity contribution in [3.8, 4) is 11.4 Å². The quantitative estimate of drug-likeness (QED) is 0.720. The van der Waals surface area contributed by atoms with E-state index in [0.717, 1.165) is 35.9 Å². The van der Waals surface area contributed by atoms with Crippen LogP contribution in [-0.4, -0.2) is 27.5 Å². The molecule has 4 nitrogen and oxygen atoms in total. The SMILES string of the molecule is c1ccc(-c2nc(N3CCCCC3)cc3nccn23)cc1. The van der Waals surface area contributed by atoms with Crippen LogP contribution in [0.2, 0.25) is 0 Å². The van der Waals surface area contributed by atoms with Gasteiger partial charge in [-0.2, -0.15) is 0 Å². The van der Waals surface area contributed by atoms with Crippen LogP contribution in [0.4, 0.5) is 5.82 Å². The number of nitrogens with zero attached hydrogens (tertiary/aromatic N) is 4. The Morgan fingerprint density at radius 3 is 2.57 bits per heavy atom. The molecule has 0 saturated carbocycles. The first-order valence-electron chi connectivity index (χ1n) is 7.56. The molecule has 0 unspecified atom stereocenters. The first-order valence-corrected chi connectivity index (χ1v) is 7.56. The van der Waals surface area contributed by atoms with Crippen LogP contribution in [0.15, 0.2) is 48.8 Å². The maximum absolute atomic E-state index is 4.92. The minimum Gasteiger partial charge on any atom is -0.356 e. The molecule has 0 atom stereocenters. The van der Waals surface area contributed by atoms with Gasteiger partial charge in [0.2, 0.25) is 0 Å². The average molecular weight is 278 g/mol. The van der Waals surface area contributed by atoms with Crippen molar-refractivity contribution in [3.63, 3.8) is 0 Å². The van der Waals surface area contributed by atoms with Gasteiger partial charge in [0.15, 0.2) is 0 Å². The molecule has 1 fully saturated rings. The van der Waals surface area contributed by atoms with Gasteiger partial charge in [0, 0.05) is 37.1 Å². The summed E-state index contributed by atoms with van der Waals surface area (Å²) in [7, 11) is 0. The van der Waals surface area contributed by atoms with Crippen molar-refractivity contribution in [2.75, 3.05) is 18.0 Å². The van der Waals surface area contributed by atoms with Gasteiger partial charge in [0.1, 0.15) is 17.3 Å². The molecule has 4 heteroatoms. The zero-order valence-corrected chi connectivity index (χ0v) is 11.9. The fraction of sp³-hybridized carbons (Fsp3) is 0.294. The first-order chi connectivity index (χ1) is 10.4. The van der Waals surface area contributed by atoms with Gasteiger partial charge in [-0.3, -0.25) is 4.40 Å². The number of aromatic nitrogens is 3. The fourth-order valence-corrected chi connectivity index (χ4v) is 2.99. The van der Waals surface area contributed by atoms with Crippen LogP contribution in [0.25, 0.3) is 17.0 Å². The third-order valence-electron chi connectivity index (χ3n) is 4.09. The number of hydrogen-bond donors (Lipinski definition) is 0. The number of imidazole rings is 1. The summed E-state index contributed by atoms with van der Waals surface area (Å²) in [6.45, 7) is 2.19. The standard InChI is InChI=1S/C17H18N4/c1-3-7-14(8-4-1)17-19-16(20-10-5-2-6-11-20)13-15-18-9-12-21(15)17/h1,3-4,7-9,12-13H,2,5-6,10-11H2. The van der Waals surface area contributed by atoms with E-state index >= 15 is 0 Å². The van der Waals surface area contributed by atoms with Crippen LogP contribution in [0.3, 0.4) is 0 Å². The number of anilines is 1. The highest BCUT2D eigenvalue weighted by Crippen LogP contribution is 2.24. The van der Waals surface area contributed by atoms with Gasteiger partial charge in [-0.1, -0.05) is 30.3 Å². The molecule has 21 heavy (non-hydrogen) atoms. The maximum Gasteiger partial charge on any atom is 0.148 e. The minimum atomic E-state index is 0.962. The zero-order valence-electron chi connectivity index (χ0n) is 11.9. The van der Waals surface area contributed by atoms with Gasteiger partial charge < -0.3 is 4.90 Å². The van der Waals surface area contributed by atoms with Crippen LogP contribution >= 0.6 is 0 Å². The highest BCUT2D eigenvalue weighted by atomic mass is 15.2. The fourth-order valence-electron chi connectivity index (χ4n) is 2.99. The summed E-state index contributed by atoms with van der Waals surface area (Å²) in [4.78, 5) is 11.8. The highest BCUT2D eigenvalue weighted by molar-refractivity contribution is 5.64. The van der Waals surface area contributed by atoms with Crippen LogP contribution in [0, 0.1) is 0 Å². The van der Waals surface area contributed by atoms with Crippen LogP contribution < -0.4 is 4.90 Å². The zero-order chi connectivity index (χ0) is 14.1. The number of rotatable bonds is 2. The van der Waals surface area contributed by atoms with Crippen molar-refractivity contribution in [2.45, 2.75) is 19.3 Å². The summed E-state index contributed by atoms with van der Waals surface area (Å²) < 4.78 is 2.06. The van der Waals surface area contributed by atoms with E-state index in [1.165, 1.54) is 19.3 Å². The Morgan fingerprint density at radius 1 is 0.952 bits per heavy atom. The Labute approximate surface area is 124 Å². The van der Waals surface area contributed by atoms with Gasteiger partial charge in [0.25, 0.3) is 0 Å². The van der Waals surface area contributed by atoms with E-state index in [9.17, 15) is 0 Å². The van der Waals surface area contributed by atoms with E-state index in [2.05, 4.69) is 32.5 Å². The lowest BCUT2D eigenvalue weighted by Crippen LogP contribution is -2.30. The monoisotopic (exact) mass is 278 g/mol. The molecule has 106 valence electrons. The smallest absolute Gasteiger partial charge is 0.148 e. The highest BCUT2D eigenvalue weighted by Gasteiger charge is 2.15. The molecule has 0 radical (unpaired) electrons. The van der Waals surface area contributed by atoms with Crippen LogP contribution in [0.1, 0.15) is 19.3 Å². The minimum absolute atomic E-state index is 0.962. The Balaban J connectivity index is 1.86. The molecule has 3 heterocycles. The Hall–Kier alpha value is -2.36. The molecule has 1 aliphatic rings. The second-order valence-electron chi connectivity index (χ2n) is 5.51. The summed E-state index contributed by atoms with van der Waals surface area (Å²) in [6.07, 6.45) is 7.64. The van der Waals surface area contributed by atoms with Crippen LogP contribution in [0.5, 0.6) is 0 Å². The van der Waals surface area contributed by atoms with Crippen molar-refractivity contribution in [1.82, 2.24) is 14.4 Å². The Kier molecular flexibility index (Phi) is 3.07. The van der Waals surface area contributed by atoms with Gasteiger partial charge in [-0.25, -0.2) is 9.97 Å². The molecule has 0 amide bonds. The van der Waals surface area contributed by atoms with E-state index in [1.807, 2.05) is 30.6 Å². The molecular weight excluding hydrogens is 260 g/mol. The molecular formula is C17H18N4. The first kappa shape index (κ1) is 12.4. The molecule has 1 aromatic carbocycles. The van der Waals surface area contributed by atoms with E-state index in [1.54, 1.807) is 0 Å². The number of piperidine rings is 1. The van der Waals surface area contributed by atoms with Gasteiger partial charge in [0.05, 0.1) is 0 Å². The lowest BCUT2D eigenvalue weighted by atomic mass is 10.1. The molecule has 1 saturated heterocycles. The van der Waals surface area contributed by atoms with E-state index < -0.39 is 0 Å². The summed E-state index contributed by atoms with van der Waals surface area (Å²) >= 11 is 0. The molecule has 0 N–H and O–H groups in total. The summed E-state index contributed by atoms with van der Waals surface area (Å²) in [5, 5.41) is 0. The lowest BCUT2D eigenvalue weighted by molar-refractivity contribution is 0.573. The molecule has 0 spiro atoms. The van der Waals surface area contributed by atoms with E-state index in [4.69, 9.17) is 4.98 Å². The third-order valence-corrected chi connectivity index (χ3v) is 4.09. The van der Waals surface area contributed by atoms with Crippen molar-refractivity contribution < 1.29 is 0 Å². The van der Waals surface area contributed by atoms with E-state index in [-0.39, 0.29) is 0 Å². The molecule has 4 rings (SSSR count). The Bertz CT molecular complexity index is 742. The molecule has 0 bridgehead atoms. The summed E-state index contributed by atoms with van der Waals surface area (Å²) in [5.41, 5.74) is 2.09. The average Bonchev–Trinajstić information content (AvgIpc) is 3.04. The molecule has 0 aliphatic carbocycles. The predicted molar refractivity (Wildman–Crippen MR) is 84.5 cm³/mol. The van der Waals surface area contributed by atoms with Crippen molar-refractivity contribution in [1.29, 1.82) is 0 Å². The van der Waals surface area contributed by atoms with Crippen molar-refractivity contribution in [3.05, 3.63) is 48.8 Å². The van der Waals surface area contributed by atoms with Crippen molar-refractivity contribution in [2.24, 2.45) is 0 Å². The summed E-state index contributed by atoms with van der Waals surface area (Å²) in [5.74, 6) is 2.01. The lowest BCUT2D eigenvalue weighted by Gasteiger charge is -2.28. The maximum atomic E-state index is 4.92. The van der Waals surface area contributed by atoms with Gasteiger partial charge >= 0.3 is 0 Å².